The number of hydrogen-bond donors (Lipinski definition) is 0. The molecule has 0 rings (SSSR count). The van der Waals surface area contributed by atoms with Gasteiger partial charge in [-0.25, -0.2) is 4.21 Å². The highest BCUT2D eigenvalue weighted by molar-refractivity contribution is 7.64. The largest absolute Gasteiger partial charge is 0.213 e. The van der Waals surface area contributed by atoms with E-state index in [0.29, 0.717) is 11.3 Å². The van der Waals surface area contributed by atoms with E-state index in [0.717, 1.165) is 0 Å². The summed E-state index contributed by atoms with van der Waals surface area (Å²) < 4.78 is 9.87. The Kier molecular flexibility index (Phi) is 2.50. The fraction of sp³-hybridized carbons (Fsp3) is 0.500. The highest BCUT2D eigenvalue weighted by Gasteiger charge is 2.07. The molecule has 0 aromatic carbocycles. The van der Waals surface area contributed by atoms with Crippen LogP contribution in [0.15, 0.2) is 0 Å². The van der Waals surface area contributed by atoms with Crippen LogP contribution in [0.4, 0.5) is 0 Å². The molecule has 0 amide bonds. The van der Waals surface area contributed by atoms with Crippen LogP contribution in [0, 0.1) is 17.8 Å². The van der Waals surface area contributed by atoms with Gasteiger partial charge in [0.25, 0.3) is 0 Å². The highest BCUT2D eigenvalue weighted by Crippen LogP contribution is 2.06. The molecule has 0 aromatic rings. The summed E-state index contributed by atoms with van der Waals surface area (Å²) in [7, 11) is 0. The van der Waals surface area contributed by atoms with Crippen LogP contribution in [0.2, 0.25) is 0 Å². The van der Waals surface area contributed by atoms with Crippen molar-refractivity contribution in [3.63, 3.8) is 0 Å². The minimum atomic E-state index is -0.355. The van der Waals surface area contributed by atoms with Crippen LogP contribution < -0.4 is 0 Å². The minimum absolute atomic E-state index is 0.355. The number of terminal acetylenes is 1. The van der Waals surface area contributed by atoms with E-state index in [-0.39, 0.29) is 5.41 Å². The van der Waals surface area contributed by atoms with Crippen LogP contribution in [-0.4, -0.2) is 9.58 Å². The van der Waals surface area contributed by atoms with Gasteiger partial charge in [0.05, 0.1) is 16.7 Å². The fourth-order valence-corrected chi connectivity index (χ4v) is 0.463. The normalized spacial score (nSPS) is 9.62. The van der Waals surface area contributed by atoms with E-state index in [2.05, 4.69) is 5.92 Å². The molecule has 0 bridgehead atoms. The van der Waals surface area contributed by atoms with Gasteiger partial charge < -0.3 is 0 Å². The molecule has 0 aromatic heterocycles. The lowest BCUT2D eigenvalue weighted by Crippen LogP contribution is -2.08. The smallest absolute Gasteiger partial charge is 0.0857 e. The molecule has 0 aliphatic rings. The van der Waals surface area contributed by atoms with E-state index in [1.165, 1.54) is 5.37 Å². The molecule has 0 unspecified atom stereocenters. The zero-order chi connectivity index (χ0) is 6.62. The van der Waals surface area contributed by atoms with Crippen molar-refractivity contribution in [3.8, 4) is 12.3 Å². The second kappa shape index (κ2) is 2.68. The Morgan fingerprint density at radius 3 is 2.38 bits per heavy atom. The monoisotopic (exact) mass is 128 g/mol. The van der Waals surface area contributed by atoms with Gasteiger partial charge in [0.2, 0.25) is 0 Å². The molecule has 0 aliphatic heterocycles. The predicted octanol–water partition coefficient (Wildman–Crippen LogP) is 0.661. The van der Waals surface area contributed by atoms with Crippen LogP contribution in [0.3, 0.4) is 0 Å². The molecule has 0 aliphatic carbocycles. The molecular formula is C6H8OS. The third-order valence-corrected chi connectivity index (χ3v) is 1.40. The van der Waals surface area contributed by atoms with Gasteiger partial charge >= 0.3 is 0 Å². The molecule has 0 saturated heterocycles. The van der Waals surface area contributed by atoms with Crippen molar-refractivity contribution in [2.75, 3.05) is 0 Å². The lowest BCUT2D eigenvalue weighted by atomic mass is 9.99. The number of rotatable bonds is 1. The molecule has 0 saturated carbocycles. The third-order valence-electron chi connectivity index (χ3n) is 0.715. The van der Waals surface area contributed by atoms with Crippen LogP contribution >= 0.6 is 0 Å². The third kappa shape index (κ3) is 2.59. The van der Waals surface area contributed by atoms with Crippen molar-refractivity contribution < 1.29 is 4.21 Å². The Labute approximate surface area is 53.2 Å². The van der Waals surface area contributed by atoms with E-state index in [1.54, 1.807) is 0 Å². The molecule has 2 heteroatoms. The summed E-state index contributed by atoms with van der Waals surface area (Å²) in [5.41, 5.74) is -0.355. The van der Waals surface area contributed by atoms with Crippen molar-refractivity contribution in [2.45, 2.75) is 13.8 Å². The van der Waals surface area contributed by atoms with E-state index < -0.39 is 0 Å². The first kappa shape index (κ1) is 7.45. The second-order valence-electron chi connectivity index (χ2n) is 2.08. The summed E-state index contributed by atoms with van der Waals surface area (Å²) >= 11 is 0.416. The van der Waals surface area contributed by atoms with E-state index in [4.69, 9.17) is 6.42 Å². The van der Waals surface area contributed by atoms with Gasteiger partial charge in [-0.3, -0.25) is 0 Å². The van der Waals surface area contributed by atoms with Crippen LogP contribution in [0.25, 0.3) is 0 Å². The van der Waals surface area contributed by atoms with E-state index >= 15 is 0 Å². The van der Waals surface area contributed by atoms with Crippen LogP contribution in [-0.2, 0) is 11.3 Å². The molecule has 1 nitrogen and oxygen atoms in total. The molecule has 44 valence electrons. The average Bonchev–Trinajstić information content (AvgIpc) is 1.67. The maximum Gasteiger partial charge on any atom is 0.0857 e. The first-order chi connectivity index (χ1) is 3.62. The Morgan fingerprint density at radius 2 is 2.25 bits per heavy atom. The van der Waals surface area contributed by atoms with Crippen molar-refractivity contribution in [1.29, 1.82) is 0 Å². The van der Waals surface area contributed by atoms with Crippen molar-refractivity contribution >= 4 is 16.6 Å². The summed E-state index contributed by atoms with van der Waals surface area (Å²) in [6, 6.07) is 0. The second-order valence-corrected chi connectivity index (χ2v) is 2.51. The Bertz CT molecular complexity index is 158. The lowest BCUT2D eigenvalue weighted by molar-refractivity contribution is 0.697. The average molecular weight is 128 g/mol. The van der Waals surface area contributed by atoms with Gasteiger partial charge in [-0.1, -0.05) is 5.92 Å². The van der Waals surface area contributed by atoms with Gasteiger partial charge in [0.1, 0.15) is 0 Å². The van der Waals surface area contributed by atoms with E-state index in [1.807, 2.05) is 13.8 Å². The van der Waals surface area contributed by atoms with Crippen molar-refractivity contribution in [3.05, 3.63) is 0 Å². The van der Waals surface area contributed by atoms with Gasteiger partial charge in [-0.15, -0.1) is 6.42 Å². The SMILES string of the molecule is C#CC(C)(C)C=S=O. The molecule has 0 spiro atoms. The summed E-state index contributed by atoms with van der Waals surface area (Å²) in [6.07, 6.45) is 5.06. The van der Waals surface area contributed by atoms with Gasteiger partial charge in [0.15, 0.2) is 0 Å². The molecular weight excluding hydrogens is 120 g/mol. The first-order valence-corrected chi connectivity index (χ1v) is 3.03. The molecule has 0 fully saturated rings. The standard InChI is InChI=1S/C6H8OS/c1-4-6(2,3)5-8-7/h1,5H,2-3H3. The van der Waals surface area contributed by atoms with Crippen LogP contribution in [0.5, 0.6) is 0 Å². The summed E-state index contributed by atoms with van der Waals surface area (Å²) in [4.78, 5) is 0. The summed E-state index contributed by atoms with van der Waals surface area (Å²) in [5, 5.41) is 1.49. The highest BCUT2D eigenvalue weighted by atomic mass is 32.1. The molecule has 0 N–H and O–H groups in total. The minimum Gasteiger partial charge on any atom is -0.213 e. The fourth-order valence-electron chi connectivity index (χ4n) is 0.154. The zero-order valence-corrected chi connectivity index (χ0v) is 5.79. The quantitative estimate of drug-likeness (QED) is 0.374. The Morgan fingerprint density at radius 1 is 1.75 bits per heavy atom. The lowest BCUT2D eigenvalue weighted by Gasteiger charge is -2.05. The summed E-state index contributed by atoms with van der Waals surface area (Å²) in [5.74, 6) is 2.47. The first-order valence-electron chi connectivity index (χ1n) is 2.23. The molecule has 0 heterocycles. The summed E-state index contributed by atoms with van der Waals surface area (Å²) in [6.45, 7) is 3.63. The van der Waals surface area contributed by atoms with Crippen molar-refractivity contribution in [1.82, 2.24) is 0 Å². The van der Waals surface area contributed by atoms with Gasteiger partial charge in [-0.2, -0.15) is 0 Å². The van der Waals surface area contributed by atoms with Gasteiger partial charge in [-0.05, 0) is 13.8 Å². The molecule has 0 radical (unpaired) electrons. The predicted molar refractivity (Wildman–Crippen MR) is 36.8 cm³/mol. The molecule has 0 atom stereocenters. The van der Waals surface area contributed by atoms with Gasteiger partial charge in [0, 0.05) is 5.37 Å². The van der Waals surface area contributed by atoms with E-state index in [9.17, 15) is 4.21 Å². The Balaban J connectivity index is 4.19. The Hall–Kier alpha value is -0.550. The number of hydrogen-bond acceptors (Lipinski definition) is 1. The zero-order valence-electron chi connectivity index (χ0n) is 4.97. The topological polar surface area (TPSA) is 17.1 Å². The van der Waals surface area contributed by atoms with Crippen molar-refractivity contribution in [2.24, 2.45) is 5.41 Å². The molecule has 8 heavy (non-hydrogen) atoms. The van der Waals surface area contributed by atoms with Crippen LogP contribution in [0.1, 0.15) is 13.8 Å². The maximum atomic E-state index is 9.87. The maximum absolute atomic E-state index is 9.87.